The summed E-state index contributed by atoms with van der Waals surface area (Å²) in [6, 6.07) is 12.5. The number of carbonyl (C=O) groups is 1. The van der Waals surface area contributed by atoms with E-state index in [-0.39, 0.29) is 5.91 Å². The van der Waals surface area contributed by atoms with E-state index in [4.69, 9.17) is 16.3 Å². The molecule has 24 heavy (non-hydrogen) atoms. The van der Waals surface area contributed by atoms with E-state index in [0.29, 0.717) is 22.0 Å². The van der Waals surface area contributed by atoms with Gasteiger partial charge in [-0.1, -0.05) is 23.7 Å². The number of nitrogens with one attached hydrogen (secondary N) is 1. The zero-order chi connectivity index (χ0) is 17.1. The fourth-order valence-electron chi connectivity index (χ4n) is 2.24. The number of ether oxygens (including phenoxy) is 1. The lowest BCUT2D eigenvalue weighted by Crippen LogP contribution is -2.11. The van der Waals surface area contributed by atoms with Gasteiger partial charge < -0.3 is 10.1 Å². The summed E-state index contributed by atoms with van der Waals surface area (Å²) in [6.07, 6.45) is 0. The van der Waals surface area contributed by atoms with Gasteiger partial charge in [0.15, 0.2) is 0 Å². The second-order valence-corrected chi connectivity index (χ2v) is 6.60. The highest BCUT2D eigenvalue weighted by Crippen LogP contribution is 2.27. The average Bonchev–Trinajstić information content (AvgIpc) is 3.02. The minimum atomic E-state index is -0.197. The Morgan fingerprint density at radius 3 is 2.54 bits per heavy atom. The van der Waals surface area contributed by atoms with Crippen LogP contribution in [0.3, 0.4) is 0 Å². The molecule has 0 aliphatic rings. The number of carbonyl (C=O) groups excluding carboxylic acids is 1. The summed E-state index contributed by atoms with van der Waals surface area (Å²) >= 11 is 7.67. The Morgan fingerprint density at radius 2 is 1.96 bits per heavy atom. The molecule has 1 aromatic heterocycles. The van der Waals surface area contributed by atoms with Crippen molar-refractivity contribution in [2.75, 3.05) is 12.4 Å². The first kappa shape index (κ1) is 16.5. The van der Waals surface area contributed by atoms with Crippen molar-refractivity contribution in [3.05, 3.63) is 63.4 Å². The van der Waals surface area contributed by atoms with Crippen LogP contribution < -0.4 is 10.1 Å². The summed E-state index contributed by atoms with van der Waals surface area (Å²) in [4.78, 5) is 16.8. The molecule has 0 bridgehead atoms. The van der Waals surface area contributed by atoms with Crippen LogP contribution in [0.5, 0.6) is 5.75 Å². The lowest BCUT2D eigenvalue weighted by Gasteiger charge is -2.08. The molecule has 0 saturated heterocycles. The predicted octanol–water partition coefficient (Wildman–Crippen LogP) is 5.03. The summed E-state index contributed by atoms with van der Waals surface area (Å²) in [5, 5.41) is 6.29. The first-order valence-corrected chi connectivity index (χ1v) is 8.50. The molecule has 0 fully saturated rings. The van der Waals surface area contributed by atoms with E-state index >= 15 is 0 Å². The van der Waals surface area contributed by atoms with Crippen molar-refractivity contribution in [3.8, 4) is 17.0 Å². The molecule has 3 aromatic rings. The first-order chi connectivity index (χ1) is 11.6. The fraction of sp³-hybridized carbons (Fsp3) is 0.111. The van der Waals surface area contributed by atoms with Crippen molar-refractivity contribution in [3.63, 3.8) is 0 Å². The number of aryl methyl sites for hydroxylation is 1. The van der Waals surface area contributed by atoms with Crippen LogP contribution in [0.4, 0.5) is 5.69 Å². The number of hydrogen-bond donors (Lipinski definition) is 1. The van der Waals surface area contributed by atoms with E-state index in [2.05, 4.69) is 10.3 Å². The molecular formula is C18H15ClN2O2S. The normalized spacial score (nSPS) is 10.5. The topological polar surface area (TPSA) is 51.2 Å². The van der Waals surface area contributed by atoms with Gasteiger partial charge in [-0.05, 0) is 37.3 Å². The van der Waals surface area contributed by atoms with Crippen LogP contribution in [0.15, 0.2) is 47.8 Å². The number of anilines is 1. The largest absolute Gasteiger partial charge is 0.495 e. The third-order valence-electron chi connectivity index (χ3n) is 3.47. The molecule has 1 amide bonds. The molecule has 6 heteroatoms. The van der Waals surface area contributed by atoms with Crippen LogP contribution in [-0.2, 0) is 0 Å². The van der Waals surface area contributed by atoms with Gasteiger partial charge in [0.2, 0.25) is 0 Å². The van der Waals surface area contributed by atoms with Gasteiger partial charge in [-0.25, -0.2) is 4.98 Å². The zero-order valence-electron chi connectivity index (χ0n) is 13.2. The summed E-state index contributed by atoms with van der Waals surface area (Å²) < 4.78 is 5.10. The standard InChI is InChI=1S/C18H15ClN2O2S/c1-11-20-16(10-24-11)12-3-5-13(6-4-12)18(22)21-14-7-8-17(23-2)15(19)9-14/h3-10H,1-2H3,(H,21,22). The van der Waals surface area contributed by atoms with Gasteiger partial charge in [0.1, 0.15) is 5.75 Å². The van der Waals surface area contributed by atoms with Gasteiger partial charge >= 0.3 is 0 Å². The van der Waals surface area contributed by atoms with Gasteiger partial charge in [-0.2, -0.15) is 0 Å². The second-order valence-electron chi connectivity index (χ2n) is 5.13. The Kier molecular flexibility index (Phi) is 4.83. The summed E-state index contributed by atoms with van der Waals surface area (Å²) in [7, 11) is 1.55. The highest BCUT2D eigenvalue weighted by molar-refractivity contribution is 7.09. The molecule has 0 spiro atoms. The van der Waals surface area contributed by atoms with Crippen molar-refractivity contribution < 1.29 is 9.53 Å². The summed E-state index contributed by atoms with van der Waals surface area (Å²) in [5.74, 6) is 0.370. The number of aromatic nitrogens is 1. The smallest absolute Gasteiger partial charge is 0.255 e. The van der Waals surface area contributed by atoms with Gasteiger partial charge in [0, 0.05) is 22.2 Å². The summed E-state index contributed by atoms with van der Waals surface area (Å²) in [5.41, 5.74) is 3.09. The van der Waals surface area contributed by atoms with Crippen molar-refractivity contribution in [1.82, 2.24) is 4.98 Å². The molecule has 2 aromatic carbocycles. The molecule has 0 atom stereocenters. The molecule has 0 aliphatic carbocycles. The highest BCUT2D eigenvalue weighted by Gasteiger charge is 2.09. The molecule has 4 nitrogen and oxygen atoms in total. The minimum Gasteiger partial charge on any atom is -0.495 e. The van der Waals surface area contributed by atoms with Crippen LogP contribution in [0.1, 0.15) is 15.4 Å². The monoisotopic (exact) mass is 358 g/mol. The van der Waals surface area contributed by atoms with Crippen molar-refractivity contribution in [2.24, 2.45) is 0 Å². The van der Waals surface area contributed by atoms with Gasteiger partial charge in [0.25, 0.3) is 5.91 Å². The van der Waals surface area contributed by atoms with Gasteiger partial charge in [-0.3, -0.25) is 4.79 Å². The first-order valence-electron chi connectivity index (χ1n) is 7.24. The maximum absolute atomic E-state index is 12.3. The number of amides is 1. The number of methoxy groups -OCH3 is 1. The second kappa shape index (κ2) is 7.03. The quantitative estimate of drug-likeness (QED) is 0.711. The molecule has 0 saturated carbocycles. The number of benzene rings is 2. The Bertz CT molecular complexity index is 875. The van der Waals surface area contributed by atoms with E-state index in [1.807, 2.05) is 24.4 Å². The molecule has 122 valence electrons. The molecule has 0 radical (unpaired) electrons. The number of nitrogens with zero attached hydrogens (tertiary/aromatic N) is 1. The lowest BCUT2D eigenvalue weighted by atomic mass is 10.1. The Balaban J connectivity index is 1.74. The van der Waals surface area contributed by atoms with Crippen molar-refractivity contribution >= 4 is 34.5 Å². The zero-order valence-corrected chi connectivity index (χ0v) is 14.7. The van der Waals surface area contributed by atoms with E-state index in [0.717, 1.165) is 16.3 Å². The highest BCUT2D eigenvalue weighted by atomic mass is 35.5. The van der Waals surface area contributed by atoms with E-state index in [9.17, 15) is 4.79 Å². The van der Waals surface area contributed by atoms with Crippen LogP contribution in [0.25, 0.3) is 11.3 Å². The van der Waals surface area contributed by atoms with Gasteiger partial charge in [-0.15, -0.1) is 11.3 Å². The SMILES string of the molecule is COc1ccc(NC(=O)c2ccc(-c3csc(C)n3)cc2)cc1Cl. The molecule has 1 heterocycles. The molecule has 1 N–H and O–H groups in total. The van der Waals surface area contributed by atoms with Crippen LogP contribution >= 0.6 is 22.9 Å². The van der Waals surface area contributed by atoms with Crippen molar-refractivity contribution in [1.29, 1.82) is 0 Å². The molecular weight excluding hydrogens is 344 g/mol. The Hall–Kier alpha value is -2.37. The third kappa shape index (κ3) is 3.58. The number of rotatable bonds is 4. The molecule has 0 unspecified atom stereocenters. The van der Waals surface area contributed by atoms with Gasteiger partial charge in [0.05, 0.1) is 22.8 Å². The number of halogens is 1. The van der Waals surface area contributed by atoms with Crippen molar-refractivity contribution in [2.45, 2.75) is 6.92 Å². The van der Waals surface area contributed by atoms with Crippen LogP contribution in [0, 0.1) is 6.92 Å². The van der Waals surface area contributed by atoms with E-state index < -0.39 is 0 Å². The Labute approximate surface area is 149 Å². The summed E-state index contributed by atoms with van der Waals surface area (Å²) in [6.45, 7) is 1.97. The predicted molar refractivity (Wildman–Crippen MR) is 98.2 cm³/mol. The van der Waals surface area contributed by atoms with E-state index in [1.165, 1.54) is 0 Å². The maximum Gasteiger partial charge on any atom is 0.255 e. The van der Waals surface area contributed by atoms with Crippen LogP contribution in [-0.4, -0.2) is 18.0 Å². The lowest BCUT2D eigenvalue weighted by molar-refractivity contribution is 0.102. The number of thiazole rings is 1. The third-order valence-corrected chi connectivity index (χ3v) is 4.54. The van der Waals surface area contributed by atoms with E-state index in [1.54, 1.807) is 48.8 Å². The minimum absolute atomic E-state index is 0.197. The average molecular weight is 359 g/mol. The molecule has 3 rings (SSSR count). The Morgan fingerprint density at radius 1 is 1.21 bits per heavy atom. The molecule has 0 aliphatic heterocycles. The fourth-order valence-corrected chi connectivity index (χ4v) is 3.12. The maximum atomic E-state index is 12.3. The number of hydrogen-bond acceptors (Lipinski definition) is 4. The van der Waals surface area contributed by atoms with Crippen LogP contribution in [0.2, 0.25) is 5.02 Å².